The highest BCUT2D eigenvalue weighted by atomic mass is 32.2. The van der Waals surface area contributed by atoms with Gasteiger partial charge in [-0.15, -0.1) is 21.5 Å². The lowest BCUT2D eigenvalue weighted by Gasteiger charge is -2.34. The maximum atomic E-state index is 12.2. The minimum atomic E-state index is -3.12. The van der Waals surface area contributed by atoms with Crippen molar-refractivity contribution in [3.8, 4) is 10.6 Å². The molecule has 3 heterocycles. The zero-order valence-electron chi connectivity index (χ0n) is 13.8. The summed E-state index contributed by atoms with van der Waals surface area (Å²) >= 11 is 1.64. The molecule has 0 saturated carbocycles. The second-order valence-corrected chi connectivity index (χ2v) is 8.85. The molecule has 2 aromatic rings. The number of unbranched alkanes of at least 4 members (excludes halogenated alkanes) is 1. The van der Waals surface area contributed by atoms with E-state index in [-0.39, 0.29) is 5.75 Å². The van der Waals surface area contributed by atoms with Gasteiger partial charge in [0.1, 0.15) is 5.69 Å². The predicted molar refractivity (Wildman–Crippen MR) is 97.8 cm³/mol. The third kappa shape index (κ3) is 3.93. The smallest absolute Gasteiger partial charge is 0.214 e. The Labute approximate surface area is 147 Å². The van der Waals surface area contributed by atoms with Crippen LogP contribution in [0.15, 0.2) is 29.6 Å². The number of aromatic nitrogens is 2. The van der Waals surface area contributed by atoms with Crippen LogP contribution in [0.3, 0.4) is 0 Å². The summed E-state index contributed by atoms with van der Waals surface area (Å²) in [5.41, 5.74) is 0.870. The molecule has 130 valence electrons. The van der Waals surface area contributed by atoms with Crippen LogP contribution in [0.2, 0.25) is 0 Å². The molecule has 0 unspecified atom stereocenters. The highest BCUT2D eigenvalue weighted by molar-refractivity contribution is 7.89. The lowest BCUT2D eigenvalue weighted by atomic mass is 10.3. The summed E-state index contributed by atoms with van der Waals surface area (Å²) in [6.45, 7) is 4.34. The van der Waals surface area contributed by atoms with Gasteiger partial charge in [0, 0.05) is 26.2 Å². The molecule has 0 amide bonds. The van der Waals surface area contributed by atoms with Crippen molar-refractivity contribution in [2.75, 3.05) is 36.8 Å². The lowest BCUT2D eigenvalue weighted by Crippen LogP contribution is -2.49. The molecule has 1 fully saturated rings. The largest absolute Gasteiger partial charge is 0.352 e. The van der Waals surface area contributed by atoms with E-state index in [0.29, 0.717) is 26.2 Å². The SMILES string of the molecule is CCCCS(=O)(=O)N1CCN(c2ccc(-c3cccs3)nn2)CC1. The van der Waals surface area contributed by atoms with Crippen molar-refractivity contribution in [2.24, 2.45) is 0 Å². The van der Waals surface area contributed by atoms with Crippen molar-refractivity contribution in [2.45, 2.75) is 19.8 Å². The van der Waals surface area contributed by atoms with Crippen LogP contribution in [0.1, 0.15) is 19.8 Å². The summed E-state index contributed by atoms with van der Waals surface area (Å²) in [7, 11) is -3.12. The Balaban J connectivity index is 1.60. The van der Waals surface area contributed by atoms with Gasteiger partial charge >= 0.3 is 0 Å². The standard InChI is InChI=1S/C16H22N4O2S2/c1-2-3-13-24(21,22)20-10-8-19(9-11-20)16-7-6-14(17-18-16)15-5-4-12-23-15/h4-7,12H,2-3,8-11,13H2,1H3. The summed E-state index contributed by atoms with van der Waals surface area (Å²) in [6.07, 6.45) is 1.61. The number of piperazine rings is 1. The number of thiophene rings is 1. The van der Waals surface area contributed by atoms with E-state index in [0.717, 1.165) is 29.2 Å². The Hall–Kier alpha value is -1.51. The van der Waals surface area contributed by atoms with Gasteiger partial charge in [-0.25, -0.2) is 8.42 Å². The fraction of sp³-hybridized carbons (Fsp3) is 0.500. The van der Waals surface area contributed by atoms with E-state index >= 15 is 0 Å². The molecule has 0 aromatic carbocycles. The first-order valence-corrected chi connectivity index (χ1v) is 10.7. The van der Waals surface area contributed by atoms with Gasteiger partial charge in [-0.2, -0.15) is 4.31 Å². The van der Waals surface area contributed by atoms with Crippen LogP contribution < -0.4 is 4.90 Å². The van der Waals surface area contributed by atoms with Crippen LogP contribution in [0.4, 0.5) is 5.82 Å². The minimum absolute atomic E-state index is 0.249. The Morgan fingerprint density at radius 1 is 1.12 bits per heavy atom. The average Bonchev–Trinajstić information content (AvgIpc) is 3.15. The topological polar surface area (TPSA) is 66.4 Å². The summed E-state index contributed by atoms with van der Waals surface area (Å²) in [5, 5.41) is 10.6. The first-order chi connectivity index (χ1) is 11.6. The van der Waals surface area contributed by atoms with E-state index in [2.05, 4.69) is 15.1 Å². The average molecular weight is 367 g/mol. The van der Waals surface area contributed by atoms with Gasteiger partial charge < -0.3 is 4.90 Å². The zero-order chi connectivity index (χ0) is 17.0. The van der Waals surface area contributed by atoms with Crippen molar-refractivity contribution in [3.63, 3.8) is 0 Å². The zero-order valence-corrected chi connectivity index (χ0v) is 15.4. The maximum absolute atomic E-state index is 12.2. The summed E-state index contributed by atoms with van der Waals surface area (Å²) in [5.74, 6) is 1.06. The molecule has 0 N–H and O–H groups in total. The fourth-order valence-corrected chi connectivity index (χ4v) is 5.02. The molecular formula is C16H22N4O2S2. The molecule has 1 aliphatic rings. The number of rotatable bonds is 6. The van der Waals surface area contributed by atoms with Crippen molar-refractivity contribution in [1.82, 2.24) is 14.5 Å². The predicted octanol–water partition coefficient (Wildman–Crippen LogP) is 2.46. The first kappa shape index (κ1) is 17.3. The fourth-order valence-electron chi connectivity index (χ4n) is 2.70. The van der Waals surface area contributed by atoms with Gasteiger partial charge in [0.25, 0.3) is 0 Å². The highest BCUT2D eigenvalue weighted by Crippen LogP contribution is 2.23. The Morgan fingerprint density at radius 2 is 1.92 bits per heavy atom. The van der Waals surface area contributed by atoms with Gasteiger partial charge in [-0.1, -0.05) is 19.4 Å². The quantitative estimate of drug-likeness (QED) is 0.786. The van der Waals surface area contributed by atoms with E-state index in [4.69, 9.17) is 0 Å². The molecule has 1 aliphatic heterocycles. The van der Waals surface area contributed by atoms with Crippen molar-refractivity contribution >= 4 is 27.2 Å². The third-order valence-corrected chi connectivity index (χ3v) is 6.98. The van der Waals surface area contributed by atoms with Crippen LogP contribution >= 0.6 is 11.3 Å². The minimum Gasteiger partial charge on any atom is -0.352 e. The summed E-state index contributed by atoms with van der Waals surface area (Å²) < 4.78 is 26.1. The number of hydrogen-bond acceptors (Lipinski definition) is 6. The first-order valence-electron chi connectivity index (χ1n) is 8.20. The summed E-state index contributed by atoms with van der Waals surface area (Å²) in [4.78, 5) is 3.19. The van der Waals surface area contributed by atoms with Crippen LogP contribution in [-0.4, -0.2) is 54.9 Å². The normalized spacial score (nSPS) is 16.5. The molecule has 3 rings (SSSR count). The van der Waals surface area contributed by atoms with E-state index in [9.17, 15) is 8.42 Å². The Morgan fingerprint density at radius 3 is 2.50 bits per heavy atom. The molecule has 8 heteroatoms. The summed E-state index contributed by atoms with van der Waals surface area (Å²) in [6, 6.07) is 7.95. The molecule has 0 aliphatic carbocycles. The van der Waals surface area contributed by atoms with Crippen LogP contribution in [0.25, 0.3) is 10.6 Å². The van der Waals surface area contributed by atoms with Gasteiger partial charge in [0.15, 0.2) is 5.82 Å². The van der Waals surface area contributed by atoms with Gasteiger partial charge in [-0.3, -0.25) is 0 Å². The molecule has 0 radical (unpaired) electrons. The lowest BCUT2D eigenvalue weighted by molar-refractivity contribution is 0.383. The Bertz CT molecular complexity index is 737. The van der Waals surface area contributed by atoms with Gasteiger partial charge in [-0.05, 0) is 30.0 Å². The monoisotopic (exact) mass is 366 g/mol. The van der Waals surface area contributed by atoms with Crippen molar-refractivity contribution < 1.29 is 8.42 Å². The molecule has 1 saturated heterocycles. The molecule has 6 nitrogen and oxygen atoms in total. The molecule has 24 heavy (non-hydrogen) atoms. The van der Waals surface area contributed by atoms with E-state index in [1.807, 2.05) is 36.6 Å². The molecule has 0 spiro atoms. The highest BCUT2D eigenvalue weighted by Gasteiger charge is 2.26. The number of hydrogen-bond donors (Lipinski definition) is 0. The van der Waals surface area contributed by atoms with Crippen LogP contribution in [-0.2, 0) is 10.0 Å². The van der Waals surface area contributed by atoms with Gasteiger partial charge in [0.05, 0.1) is 10.6 Å². The number of nitrogens with zero attached hydrogens (tertiary/aromatic N) is 4. The Kier molecular flexibility index (Phi) is 5.47. The molecule has 2 aromatic heterocycles. The second kappa shape index (κ2) is 7.58. The van der Waals surface area contributed by atoms with Crippen molar-refractivity contribution in [3.05, 3.63) is 29.6 Å². The van der Waals surface area contributed by atoms with Crippen LogP contribution in [0, 0.1) is 0 Å². The van der Waals surface area contributed by atoms with Crippen LogP contribution in [0.5, 0.6) is 0 Å². The second-order valence-electron chi connectivity index (χ2n) is 5.81. The molecule has 0 bridgehead atoms. The number of sulfonamides is 1. The van der Waals surface area contributed by atoms with E-state index in [1.54, 1.807) is 15.6 Å². The van der Waals surface area contributed by atoms with Gasteiger partial charge in [0.2, 0.25) is 10.0 Å². The molecular weight excluding hydrogens is 344 g/mol. The van der Waals surface area contributed by atoms with Crippen molar-refractivity contribution in [1.29, 1.82) is 0 Å². The third-order valence-electron chi connectivity index (χ3n) is 4.14. The van der Waals surface area contributed by atoms with E-state index < -0.39 is 10.0 Å². The van der Waals surface area contributed by atoms with E-state index in [1.165, 1.54) is 0 Å². The maximum Gasteiger partial charge on any atom is 0.214 e. The molecule has 0 atom stereocenters. The number of anilines is 1.